The van der Waals surface area contributed by atoms with Gasteiger partial charge in [-0.25, -0.2) is 9.37 Å². The minimum atomic E-state index is -0.742. The molecule has 0 radical (unpaired) electrons. The van der Waals surface area contributed by atoms with E-state index in [1.165, 1.54) is 12.1 Å². The van der Waals surface area contributed by atoms with Crippen LogP contribution in [0.1, 0.15) is 44.3 Å². The van der Waals surface area contributed by atoms with Gasteiger partial charge in [0.2, 0.25) is 11.8 Å². The average molecular weight is 535 g/mol. The Kier molecular flexibility index (Phi) is 7.89. The predicted octanol–water partition coefficient (Wildman–Crippen LogP) is 5.02. The van der Waals surface area contributed by atoms with E-state index in [4.69, 9.17) is 9.40 Å². The number of aromatic nitrogens is 1. The fourth-order valence-electron chi connectivity index (χ4n) is 5.34. The molecule has 9 heteroatoms. The lowest BCUT2D eigenvalue weighted by Crippen LogP contribution is -2.40. The number of anilines is 1. The molecular weight excluding hydrogens is 503 g/mol. The molecule has 1 aromatic heterocycles. The zero-order chi connectivity index (χ0) is 26.6. The van der Waals surface area contributed by atoms with Crippen molar-refractivity contribution in [2.24, 2.45) is 5.92 Å². The molecule has 1 aliphatic heterocycles. The van der Waals surface area contributed by atoms with E-state index in [9.17, 15) is 18.7 Å². The Labute approximate surface area is 224 Å². The van der Waals surface area contributed by atoms with Crippen molar-refractivity contribution < 1.29 is 17.8 Å². The highest BCUT2D eigenvalue weighted by Crippen LogP contribution is 2.44. The van der Waals surface area contributed by atoms with Gasteiger partial charge in [-0.15, -0.1) is 0 Å². The number of nitriles is 1. The Morgan fingerprint density at radius 1 is 1.11 bits per heavy atom. The van der Waals surface area contributed by atoms with Gasteiger partial charge in [0.25, 0.3) is 0 Å². The van der Waals surface area contributed by atoms with Crippen LogP contribution in [0.25, 0.3) is 22.7 Å². The van der Waals surface area contributed by atoms with Gasteiger partial charge < -0.3 is 14.6 Å². The van der Waals surface area contributed by atoms with Crippen LogP contribution in [-0.2, 0) is 15.6 Å². The fraction of sp³-hybridized carbons (Fsp3) is 0.414. The summed E-state index contributed by atoms with van der Waals surface area (Å²) in [6.45, 7) is 3.19. The first-order valence-corrected chi connectivity index (χ1v) is 14.6. The molecule has 0 spiro atoms. The molecule has 1 saturated carbocycles. The largest absolute Gasteiger partial charge is 0.440 e. The highest BCUT2D eigenvalue weighted by atomic mass is 32.2. The Hall–Kier alpha value is -3.51. The number of carbonyl (C=O) groups excluding carboxylic acids is 1. The number of nitrogens with one attached hydrogen (secondary N) is 1. The number of amides is 1. The predicted molar refractivity (Wildman–Crippen MR) is 145 cm³/mol. The summed E-state index contributed by atoms with van der Waals surface area (Å²) < 4.78 is 31.7. The molecule has 2 fully saturated rings. The zero-order valence-corrected chi connectivity index (χ0v) is 22.2. The molecule has 38 heavy (non-hydrogen) atoms. The van der Waals surface area contributed by atoms with Crippen LogP contribution in [0, 0.1) is 23.1 Å². The van der Waals surface area contributed by atoms with Gasteiger partial charge in [0.15, 0.2) is 0 Å². The maximum absolute atomic E-state index is 13.6. The monoisotopic (exact) mass is 534 g/mol. The first-order valence-electron chi connectivity index (χ1n) is 13.1. The fourth-order valence-corrected chi connectivity index (χ4v) is 6.40. The molecule has 1 aliphatic carbocycles. The second-order valence-corrected chi connectivity index (χ2v) is 11.7. The Morgan fingerprint density at radius 2 is 1.76 bits per heavy atom. The van der Waals surface area contributed by atoms with Crippen molar-refractivity contribution >= 4 is 22.4 Å². The Balaban J connectivity index is 1.51. The minimum Gasteiger partial charge on any atom is -0.440 e. The first kappa shape index (κ1) is 26.1. The molecule has 1 amide bonds. The van der Waals surface area contributed by atoms with Gasteiger partial charge in [-0.3, -0.25) is 9.00 Å². The normalized spacial score (nSPS) is 21.0. The SMILES string of the molecule is CC(C#N)NC(=O)C1CCCCC1c1oc(-c2ccc(F)cc2)nc1-c1ccc(N2CCS(=O)CC2)cc1. The lowest BCUT2D eigenvalue weighted by atomic mass is 9.76. The van der Waals surface area contributed by atoms with Crippen molar-refractivity contribution in [3.63, 3.8) is 0 Å². The molecule has 3 atom stereocenters. The molecule has 3 unspecified atom stereocenters. The minimum absolute atomic E-state index is 0.146. The van der Waals surface area contributed by atoms with E-state index in [0.29, 0.717) is 40.8 Å². The van der Waals surface area contributed by atoms with Crippen LogP contribution in [0.3, 0.4) is 0 Å². The van der Waals surface area contributed by atoms with Crippen LogP contribution in [0.5, 0.6) is 0 Å². The molecule has 2 aliphatic rings. The number of halogens is 1. The van der Waals surface area contributed by atoms with Crippen molar-refractivity contribution in [1.82, 2.24) is 10.3 Å². The van der Waals surface area contributed by atoms with E-state index >= 15 is 0 Å². The molecular formula is C29H31FN4O3S. The first-order chi connectivity index (χ1) is 18.4. The van der Waals surface area contributed by atoms with Gasteiger partial charge in [-0.2, -0.15) is 5.26 Å². The summed E-state index contributed by atoms with van der Waals surface area (Å²) in [6, 6.07) is 15.6. The smallest absolute Gasteiger partial charge is 0.226 e. The summed E-state index contributed by atoms with van der Waals surface area (Å²) in [4.78, 5) is 20.2. The molecule has 0 bridgehead atoms. The number of benzene rings is 2. The summed E-state index contributed by atoms with van der Waals surface area (Å²) in [5, 5.41) is 12.0. The highest BCUT2D eigenvalue weighted by Gasteiger charge is 2.37. The molecule has 3 aromatic rings. The van der Waals surface area contributed by atoms with Crippen LogP contribution in [0.4, 0.5) is 10.1 Å². The van der Waals surface area contributed by atoms with E-state index in [1.807, 2.05) is 24.3 Å². The average Bonchev–Trinajstić information content (AvgIpc) is 3.39. The molecule has 2 heterocycles. The van der Waals surface area contributed by atoms with Gasteiger partial charge in [0, 0.05) is 64.0 Å². The summed E-state index contributed by atoms with van der Waals surface area (Å²) >= 11 is 0. The van der Waals surface area contributed by atoms with Crippen molar-refractivity contribution in [3.05, 3.63) is 60.1 Å². The van der Waals surface area contributed by atoms with Crippen molar-refractivity contribution in [1.29, 1.82) is 5.26 Å². The van der Waals surface area contributed by atoms with Crippen molar-refractivity contribution in [3.8, 4) is 28.8 Å². The van der Waals surface area contributed by atoms with Crippen molar-refractivity contribution in [2.75, 3.05) is 29.5 Å². The van der Waals surface area contributed by atoms with E-state index in [1.54, 1.807) is 19.1 Å². The second-order valence-electron chi connectivity index (χ2n) is 9.98. The van der Waals surface area contributed by atoms with Crippen LogP contribution in [-0.4, -0.2) is 45.7 Å². The second kappa shape index (κ2) is 11.5. The standard InChI is InChI=1S/C29H31FN4O3S/c1-19(18-31)32-28(35)25-5-3-2-4-24(25)27-26(33-29(37-27)21-6-10-22(30)11-7-21)20-8-12-23(13-9-20)34-14-16-38(36)17-15-34/h6-13,19,24-25H,2-5,14-17H2,1H3,(H,32,35). The van der Waals surface area contributed by atoms with Gasteiger partial charge >= 0.3 is 0 Å². The summed E-state index contributed by atoms with van der Waals surface area (Å²) in [6.07, 6.45) is 3.37. The Bertz CT molecular complexity index is 1340. The lowest BCUT2D eigenvalue weighted by molar-refractivity contribution is -0.127. The highest BCUT2D eigenvalue weighted by molar-refractivity contribution is 7.85. The molecule has 1 N–H and O–H groups in total. The molecule has 5 rings (SSSR count). The van der Waals surface area contributed by atoms with Crippen LogP contribution in [0.15, 0.2) is 52.9 Å². The summed E-state index contributed by atoms with van der Waals surface area (Å²) in [5.41, 5.74) is 3.27. The number of nitrogens with zero attached hydrogens (tertiary/aromatic N) is 3. The third kappa shape index (κ3) is 5.65. The molecule has 1 saturated heterocycles. The maximum atomic E-state index is 13.6. The maximum Gasteiger partial charge on any atom is 0.226 e. The van der Waals surface area contributed by atoms with Crippen molar-refractivity contribution in [2.45, 2.75) is 44.6 Å². The molecule has 7 nitrogen and oxygen atoms in total. The van der Waals surface area contributed by atoms with E-state index in [-0.39, 0.29) is 23.6 Å². The lowest BCUT2D eigenvalue weighted by Gasteiger charge is -2.30. The number of rotatable bonds is 6. The molecule has 198 valence electrons. The zero-order valence-electron chi connectivity index (χ0n) is 21.4. The molecule has 2 aromatic carbocycles. The number of carbonyl (C=O) groups is 1. The topological polar surface area (TPSA) is 99.2 Å². The van der Waals surface area contributed by atoms with Crippen LogP contribution >= 0.6 is 0 Å². The summed E-state index contributed by atoms with van der Waals surface area (Å²) in [5.74, 6) is 1.37. The van der Waals surface area contributed by atoms with Gasteiger partial charge in [-0.05, 0) is 56.2 Å². The number of hydrogen-bond donors (Lipinski definition) is 1. The Morgan fingerprint density at radius 3 is 2.45 bits per heavy atom. The third-order valence-electron chi connectivity index (χ3n) is 7.42. The van der Waals surface area contributed by atoms with Gasteiger partial charge in [0.05, 0.1) is 6.07 Å². The van der Waals surface area contributed by atoms with Crippen LogP contribution in [0.2, 0.25) is 0 Å². The summed E-state index contributed by atoms with van der Waals surface area (Å²) in [7, 11) is -0.742. The number of oxazole rings is 1. The van der Waals surface area contributed by atoms with Gasteiger partial charge in [-0.1, -0.05) is 25.0 Å². The van der Waals surface area contributed by atoms with E-state index < -0.39 is 16.8 Å². The number of hydrogen-bond acceptors (Lipinski definition) is 6. The van der Waals surface area contributed by atoms with Crippen LogP contribution < -0.4 is 10.2 Å². The van der Waals surface area contributed by atoms with E-state index in [2.05, 4.69) is 16.3 Å². The quantitative estimate of drug-likeness (QED) is 0.477. The third-order valence-corrected chi connectivity index (χ3v) is 8.70. The van der Waals surface area contributed by atoms with Gasteiger partial charge in [0.1, 0.15) is 23.3 Å². The van der Waals surface area contributed by atoms with E-state index in [0.717, 1.165) is 43.6 Å².